The molecular formula is C30H29N3O5. The number of nitrogens with one attached hydrogen (secondary N) is 2. The number of aryl methyl sites for hydroxylation is 1. The Labute approximate surface area is 219 Å². The van der Waals surface area contributed by atoms with Gasteiger partial charge >= 0.3 is 11.7 Å². The number of amides is 2. The summed E-state index contributed by atoms with van der Waals surface area (Å²) in [7, 11) is 0. The first kappa shape index (κ1) is 25.2. The van der Waals surface area contributed by atoms with Crippen molar-refractivity contribution in [3.63, 3.8) is 0 Å². The van der Waals surface area contributed by atoms with Gasteiger partial charge in [0.1, 0.15) is 18.2 Å². The first-order valence-electron chi connectivity index (χ1n) is 12.6. The van der Waals surface area contributed by atoms with Crippen molar-refractivity contribution in [2.45, 2.75) is 31.7 Å². The van der Waals surface area contributed by atoms with Crippen molar-refractivity contribution in [1.29, 1.82) is 0 Å². The summed E-state index contributed by atoms with van der Waals surface area (Å²) in [5.74, 6) is -0.499. The van der Waals surface area contributed by atoms with Gasteiger partial charge in [0, 0.05) is 29.1 Å². The molecule has 8 heteroatoms. The molecule has 0 bridgehead atoms. The van der Waals surface area contributed by atoms with Gasteiger partial charge in [-0.1, -0.05) is 48.5 Å². The molecule has 1 aliphatic carbocycles. The third-order valence-corrected chi connectivity index (χ3v) is 6.87. The molecular weight excluding hydrogens is 482 g/mol. The Morgan fingerprint density at radius 3 is 2.37 bits per heavy atom. The molecule has 0 fully saturated rings. The Balaban J connectivity index is 1.26. The smallest absolute Gasteiger partial charge is 0.407 e. The average Bonchev–Trinajstić information content (AvgIpc) is 3.23. The van der Waals surface area contributed by atoms with Crippen LogP contribution >= 0.6 is 0 Å². The van der Waals surface area contributed by atoms with E-state index in [1.54, 1.807) is 18.2 Å². The highest BCUT2D eigenvalue weighted by Crippen LogP contribution is 2.44. The molecule has 0 aliphatic heterocycles. The van der Waals surface area contributed by atoms with Crippen molar-refractivity contribution in [3.05, 3.63) is 99.9 Å². The van der Waals surface area contributed by atoms with Crippen molar-refractivity contribution < 1.29 is 18.7 Å². The average molecular weight is 512 g/mol. The zero-order valence-electron chi connectivity index (χ0n) is 21.0. The first-order chi connectivity index (χ1) is 18.4. The minimum Gasteiger partial charge on any atom is -0.449 e. The molecule has 1 aromatic heterocycles. The molecule has 8 nitrogen and oxygen atoms in total. The SMILES string of the molecule is Cc1cc(=O)oc2cc(NC(=O)C(CCCN)NC(=O)OCC3c4ccccc4-c4ccccc43)ccc12. The van der Waals surface area contributed by atoms with Gasteiger partial charge in [-0.05, 0) is 66.3 Å². The highest BCUT2D eigenvalue weighted by molar-refractivity contribution is 5.98. The van der Waals surface area contributed by atoms with Crippen LogP contribution in [0.1, 0.15) is 35.4 Å². The van der Waals surface area contributed by atoms with E-state index in [0.29, 0.717) is 30.7 Å². The van der Waals surface area contributed by atoms with Gasteiger partial charge in [0.25, 0.3) is 0 Å². The van der Waals surface area contributed by atoms with E-state index in [2.05, 4.69) is 22.8 Å². The van der Waals surface area contributed by atoms with Crippen LogP contribution in [0, 0.1) is 6.92 Å². The molecule has 2 amide bonds. The van der Waals surface area contributed by atoms with Gasteiger partial charge in [-0.25, -0.2) is 9.59 Å². The van der Waals surface area contributed by atoms with Crippen LogP contribution < -0.4 is 22.0 Å². The quantitative estimate of drug-likeness (QED) is 0.295. The van der Waals surface area contributed by atoms with E-state index in [1.165, 1.54) is 6.07 Å². The summed E-state index contributed by atoms with van der Waals surface area (Å²) in [4.78, 5) is 37.7. The highest BCUT2D eigenvalue weighted by atomic mass is 16.5. The number of carbonyl (C=O) groups excluding carboxylic acids is 2. The van der Waals surface area contributed by atoms with Crippen LogP contribution in [0.2, 0.25) is 0 Å². The predicted octanol–water partition coefficient (Wildman–Crippen LogP) is 4.69. The van der Waals surface area contributed by atoms with E-state index in [4.69, 9.17) is 14.9 Å². The minimum absolute atomic E-state index is 0.0832. The number of carbonyl (C=O) groups is 2. The Morgan fingerprint density at radius 1 is 1.00 bits per heavy atom. The molecule has 1 heterocycles. The fourth-order valence-corrected chi connectivity index (χ4v) is 5.01. The molecule has 0 saturated carbocycles. The van der Waals surface area contributed by atoms with Crippen molar-refractivity contribution in [2.24, 2.45) is 5.73 Å². The van der Waals surface area contributed by atoms with Crippen LogP contribution in [0.5, 0.6) is 0 Å². The predicted molar refractivity (Wildman–Crippen MR) is 146 cm³/mol. The lowest BCUT2D eigenvalue weighted by molar-refractivity contribution is -0.118. The van der Waals surface area contributed by atoms with E-state index < -0.39 is 23.7 Å². The van der Waals surface area contributed by atoms with E-state index >= 15 is 0 Å². The maximum Gasteiger partial charge on any atom is 0.407 e. The van der Waals surface area contributed by atoms with E-state index in [1.807, 2.05) is 43.3 Å². The molecule has 0 radical (unpaired) electrons. The summed E-state index contributed by atoms with van der Waals surface area (Å²) in [6, 6.07) is 21.8. The summed E-state index contributed by atoms with van der Waals surface area (Å²) in [6.45, 7) is 2.34. The van der Waals surface area contributed by atoms with Gasteiger partial charge in [-0.3, -0.25) is 4.79 Å². The summed E-state index contributed by atoms with van der Waals surface area (Å²) in [5.41, 5.74) is 11.3. The maximum atomic E-state index is 13.1. The lowest BCUT2D eigenvalue weighted by atomic mass is 9.98. The number of benzene rings is 3. The monoisotopic (exact) mass is 511 g/mol. The van der Waals surface area contributed by atoms with Crippen LogP contribution in [0.15, 0.2) is 82.0 Å². The van der Waals surface area contributed by atoms with E-state index in [0.717, 1.165) is 33.2 Å². The normalized spacial score (nSPS) is 13.0. The molecule has 38 heavy (non-hydrogen) atoms. The van der Waals surface area contributed by atoms with Gasteiger partial charge in [-0.15, -0.1) is 0 Å². The zero-order chi connectivity index (χ0) is 26.6. The summed E-state index contributed by atoms with van der Waals surface area (Å²) < 4.78 is 10.9. The van der Waals surface area contributed by atoms with Crippen LogP contribution in [0.4, 0.5) is 10.5 Å². The molecule has 1 aliphatic rings. The zero-order valence-corrected chi connectivity index (χ0v) is 21.0. The van der Waals surface area contributed by atoms with Crippen molar-refractivity contribution in [3.8, 4) is 11.1 Å². The molecule has 5 rings (SSSR count). The third kappa shape index (κ3) is 5.17. The number of rotatable bonds is 8. The van der Waals surface area contributed by atoms with Gasteiger partial charge in [0.05, 0.1) is 0 Å². The minimum atomic E-state index is -0.852. The van der Waals surface area contributed by atoms with Gasteiger partial charge in [0.2, 0.25) is 5.91 Å². The lowest BCUT2D eigenvalue weighted by Crippen LogP contribution is -2.44. The molecule has 194 valence electrons. The lowest BCUT2D eigenvalue weighted by Gasteiger charge is -2.20. The Bertz CT molecular complexity index is 1520. The van der Waals surface area contributed by atoms with Crippen molar-refractivity contribution in [2.75, 3.05) is 18.5 Å². The number of alkyl carbamates (subject to hydrolysis) is 1. The van der Waals surface area contributed by atoms with Crippen molar-refractivity contribution >= 4 is 28.7 Å². The van der Waals surface area contributed by atoms with Crippen LogP contribution in [-0.4, -0.2) is 31.2 Å². The molecule has 1 unspecified atom stereocenters. The largest absolute Gasteiger partial charge is 0.449 e. The summed E-state index contributed by atoms with van der Waals surface area (Å²) >= 11 is 0. The number of hydrogen-bond donors (Lipinski definition) is 3. The Kier molecular flexibility index (Phi) is 7.24. The number of anilines is 1. The Hall–Kier alpha value is -4.43. The molecule has 3 aromatic carbocycles. The Morgan fingerprint density at radius 2 is 1.68 bits per heavy atom. The van der Waals surface area contributed by atoms with E-state index in [9.17, 15) is 14.4 Å². The molecule has 4 N–H and O–H groups in total. The second kappa shape index (κ2) is 10.9. The van der Waals surface area contributed by atoms with Crippen LogP contribution in [0.3, 0.4) is 0 Å². The first-order valence-corrected chi connectivity index (χ1v) is 12.6. The molecule has 0 saturated heterocycles. The fraction of sp³-hybridized carbons (Fsp3) is 0.233. The molecule has 4 aromatic rings. The number of nitrogens with two attached hydrogens (primary N) is 1. The fourth-order valence-electron chi connectivity index (χ4n) is 5.01. The standard InChI is InChI=1S/C30H29N3O5/c1-18-15-28(34)38-27-16-19(12-13-20(18)27)32-29(35)26(11-6-14-31)33-30(36)37-17-25-23-9-4-2-7-21(23)22-8-3-5-10-24(22)25/h2-5,7-10,12-13,15-16,25-26H,6,11,14,17,31H2,1H3,(H,32,35)(H,33,36). The van der Waals surface area contributed by atoms with Gasteiger partial charge < -0.3 is 25.5 Å². The molecule has 0 spiro atoms. The molecule has 1 atom stereocenters. The third-order valence-electron chi connectivity index (χ3n) is 6.87. The second-order valence-corrected chi connectivity index (χ2v) is 9.40. The number of fused-ring (bicyclic) bond motifs is 4. The number of hydrogen-bond acceptors (Lipinski definition) is 6. The number of ether oxygens (including phenoxy) is 1. The topological polar surface area (TPSA) is 124 Å². The van der Waals surface area contributed by atoms with Crippen LogP contribution in [-0.2, 0) is 9.53 Å². The summed E-state index contributed by atoms with van der Waals surface area (Å²) in [6.07, 6.45) is 0.200. The van der Waals surface area contributed by atoms with Gasteiger partial charge in [0.15, 0.2) is 0 Å². The highest BCUT2D eigenvalue weighted by Gasteiger charge is 2.29. The van der Waals surface area contributed by atoms with Crippen molar-refractivity contribution in [1.82, 2.24) is 5.32 Å². The summed E-state index contributed by atoms with van der Waals surface area (Å²) in [5, 5.41) is 6.27. The second-order valence-electron chi connectivity index (χ2n) is 9.40. The van der Waals surface area contributed by atoms with Gasteiger partial charge in [-0.2, -0.15) is 0 Å². The maximum absolute atomic E-state index is 13.1. The van der Waals surface area contributed by atoms with Crippen LogP contribution in [0.25, 0.3) is 22.1 Å². The van der Waals surface area contributed by atoms with E-state index in [-0.39, 0.29) is 12.5 Å².